The van der Waals surface area contributed by atoms with Crippen molar-refractivity contribution in [2.24, 2.45) is 0 Å². The van der Waals surface area contributed by atoms with Crippen LogP contribution in [-0.4, -0.2) is 12.2 Å². The highest BCUT2D eigenvalue weighted by Gasteiger charge is 2.06. The Labute approximate surface area is 76.5 Å². The van der Waals surface area contributed by atoms with Crippen molar-refractivity contribution in [1.82, 2.24) is 0 Å². The number of hydrogen-bond donors (Lipinski definition) is 1. The Morgan fingerprint density at radius 1 is 1.54 bits per heavy atom. The Hall–Kier alpha value is -1.95. The Kier molecular flexibility index (Phi) is 2.93. The van der Waals surface area contributed by atoms with E-state index in [1.54, 1.807) is 24.3 Å². The topological polar surface area (TPSA) is 53.2 Å². The molecule has 0 saturated heterocycles. The van der Waals surface area contributed by atoms with Crippen LogP contribution in [0.4, 0.5) is 0 Å². The van der Waals surface area contributed by atoms with E-state index in [1.807, 2.05) is 6.07 Å². The van der Waals surface area contributed by atoms with E-state index in [0.717, 1.165) is 6.26 Å². The Balaban J connectivity index is 3.22. The van der Waals surface area contributed by atoms with E-state index in [9.17, 15) is 0 Å². The second-order valence-electron chi connectivity index (χ2n) is 2.35. The average molecular weight is 175 g/mol. The van der Waals surface area contributed by atoms with Crippen LogP contribution in [0, 0.1) is 11.3 Å². The summed E-state index contributed by atoms with van der Waals surface area (Å²) in [5.74, 6) is 0.573. The molecule has 66 valence electrons. The SMILES string of the molecule is COc1ccccc1C(C#N)=CO. The lowest BCUT2D eigenvalue weighted by atomic mass is 10.1. The number of rotatable bonds is 2. The summed E-state index contributed by atoms with van der Waals surface area (Å²) < 4.78 is 5.03. The van der Waals surface area contributed by atoms with E-state index < -0.39 is 0 Å². The molecule has 1 aromatic carbocycles. The molecule has 0 aliphatic rings. The number of methoxy groups -OCH3 is 1. The Bertz CT molecular complexity index is 363. The van der Waals surface area contributed by atoms with E-state index >= 15 is 0 Å². The summed E-state index contributed by atoms with van der Waals surface area (Å²) >= 11 is 0. The maximum Gasteiger partial charge on any atom is 0.127 e. The fourth-order valence-corrected chi connectivity index (χ4v) is 1.03. The number of ether oxygens (including phenoxy) is 1. The van der Waals surface area contributed by atoms with Crippen LogP contribution in [0.3, 0.4) is 0 Å². The lowest BCUT2D eigenvalue weighted by molar-refractivity contribution is 0.413. The lowest BCUT2D eigenvalue weighted by Gasteiger charge is -2.04. The fourth-order valence-electron chi connectivity index (χ4n) is 1.03. The minimum Gasteiger partial charge on any atom is -0.514 e. The zero-order chi connectivity index (χ0) is 9.68. The van der Waals surface area contributed by atoms with Crippen molar-refractivity contribution in [3.8, 4) is 11.8 Å². The molecule has 0 heterocycles. The van der Waals surface area contributed by atoms with Crippen LogP contribution in [0.15, 0.2) is 30.5 Å². The van der Waals surface area contributed by atoms with Crippen molar-refractivity contribution in [3.05, 3.63) is 36.1 Å². The molecule has 3 nitrogen and oxygen atoms in total. The van der Waals surface area contributed by atoms with Gasteiger partial charge in [0.2, 0.25) is 0 Å². The van der Waals surface area contributed by atoms with E-state index in [2.05, 4.69) is 0 Å². The molecule has 0 aromatic heterocycles. The minimum atomic E-state index is 0.192. The summed E-state index contributed by atoms with van der Waals surface area (Å²) in [4.78, 5) is 0. The number of allylic oxidation sites excluding steroid dienone is 1. The maximum atomic E-state index is 8.76. The third kappa shape index (κ3) is 1.79. The molecule has 13 heavy (non-hydrogen) atoms. The van der Waals surface area contributed by atoms with Gasteiger partial charge in [-0.1, -0.05) is 12.1 Å². The van der Waals surface area contributed by atoms with Crippen molar-refractivity contribution in [2.75, 3.05) is 7.11 Å². The summed E-state index contributed by atoms with van der Waals surface area (Å²) in [6.45, 7) is 0. The number of nitriles is 1. The second-order valence-corrected chi connectivity index (χ2v) is 2.35. The molecule has 1 rings (SSSR count). The summed E-state index contributed by atoms with van der Waals surface area (Å²) in [5.41, 5.74) is 0.785. The van der Waals surface area contributed by atoms with Gasteiger partial charge in [0, 0.05) is 5.56 Å². The molecule has 0 atom stereocenters. The first-order chi connectivity index (χ1) is 6.33. The molecule has 0 unspecified atom stereocenters. The number of aliphatic hydroxyl groups excluding tert-OH is 1. The van der Waals surface area contributed by atoms with Gasteiger partial charge in [0.15, 0.2) is 0 Å². The van der Waals surface area contributed by atoms with Gasteiger partial charge >= 0.3 is 0 Å². The van der Waals surface area contributed by atoms with E-state index in [0.29, 0.717) is 11.3 Å². The van der Waals surface area contributed by atoms with Gasteiger partial charge in [-0.15, -0.1) is 0 Å². The Morgan fingerprint density at radius 3 is 2.77 bits per heavy atom. The molecule has 1 N–H and O–H groups in total. The molecule has 0 aliphatic heterocycles. The van der Waals surface area contributed by atoms with Gasteiger partial charge in [0.25, 0.3) is 0 Å². The number of benzene rings is 1. The third-order valence-electron chi connectivity index (χ3n) is 1.65. The first kappa shape index (κ1) is 9.14. The Morgan fingerprint density at radius 2 is 2.23 bits per heavy atom. The molecule has 0 amide bonds. The lowest BCUT2D eigenvalue weighted by Crippen LogP contribution is -1.89. The van der Waals surface area contributed by atoms with Gasteiger partial charge < -0.3 is 9.84 Å². The molecular weight excluding hydrogens is 166 g/mol. The van der Waals surface area contributed by atoms with Crippen molar-refractivity contribution >= 4 is 5.57 Å². The maximum absolute atomic E-state index is 8.76. The van der Waals surface area contributed by atoms with Crippen molar-refractivity contribution in [1.29, 1.82) is 5.26 Å². The summed E-state index contributed by atoms with van der Waals surface area (Å²) in [5, 5.41) is 17.4. The highest BCUT2D eigenvalue weighted by molar-refractivity contribution is 5.79. The first-order valence-electron chi connectivity index (χ1n) is 3.71. The van der Waals surface area contributed by atoms with Crippen LogP contribution < -0.4 is 4.74 Å². The van der Waals surface area contributed by atoms with Gasteiger partial charge in [-0.25, -0.2) is 0 Å². The number of hydrogen-bond acceptors (Lipinski definition) is 3. The van der Waals surface area contributed by atoms with Gasteiger partial charge in [-0.05, 0) is 12.1 Å². The molecule has 0 bridgehead atoms. The average Bonchev–Trinajstić information content (AvgIpc) is 2.20. The molecule has 3 heteroatoms. The van der Waals surface area contributed by atoms with Gasteiger partial charge in [0.1, 0.15) is 11.8 Å². The number of para-hydroxylation sites is 1. The van der Waals surface area contributed by atoms with Gasteiger partial charge in [0.05, 0.1) is 18.9 Å². The highest BCUT2D eigenvalue weighted by atomic mass is 16.5. The van der Waals surface area contributed by atoms with Crippen molar-refractivity contribution in [3.63, 3.8) is 0 Å². The van der Waals surface area contributed by atoms with E-state index in [1.165, 1.54) is 7.11 Å². The van der Waals surface area contributed by atoms with Gasteiger partial charge in [-0.2, -0.15) is 5.26 Å². The minimum absolute atomic E-state index is 0.192. The molecule has 0 spiro atoms. The summed E-state index contributed by atoms with van der Waals surface area (Å²) in [6, 6.07) is 8.90. The quantitative estimate of drug-likeness (QED) is 0.553. The zero-order valence-electron chi connectivity index (χ0n) is 7.19. The monoisotopic (exact) mass is 175 g/mol. The zero-order valence-corrected chi connectivity index (χ0v) is 7.19. The fraction of sp³-hybridized carbons (Fsp3) is 0.100. The third-order valence-corrected chi connectivity index (χ3v) is 1.65. The highest BCUT2D eigenvalue weighted by Crippen LogP contribution is 2.24. The second kappa shape index (κ2) is 4.17. The summed E-state index contributed by atoms with van der Waals surface area (Å²) in [6.07, 6.45) is 0.776. The molecule has 0 radical (unpaired) electrons. The van der Waals surface area contributed by atoms with Crippen molar-refractivity contribution < 1.29 is 9.84 Å². The summed E-state index contributed by atoms with van der Waals surface area (Å²) in [7, 11) is 1.52. The standard InChI is InChI=1S/C10H9NO2/c1-13-10-5-3-2-4-9(10)8(6-11)7-12/h2-5,7,12H,1H3. The molecule has 1 aromatic rings. The van der Waals surface area contributed by atoms with E-state index in [4.69, 9.17) is 15.1 Å². The van der Waals surface area contributed by atoms with Crippen LogP contribution in [0.25, 0.3) is 5.57 Å². The largest absolute Gasteiger partial charge is 0.514 e. The first-order valence-corrected chi connectivity index (χ1v) is 3.71. The molecule has 0 fully saturated rings. The predicted octanol–water partition coefficient (Wildman–Crippen LogP) is 2.12. The number of aliphatic hydroxyl groups is 1. The van der Waals surface area contributed by atoms with Crippen LogP contribution in [-0.2, 0) is 0 Å². The van der Waals surface area contributed by atoms with Crippen LogP contribution in [0.5, 0.6) is 5.75 Å². The normalized spacial score (nSPS) is 10.6. The van der Waals surface area contributed by atoms with Crippen LogP contribution in [0.1, 0.15) is 5.56 Å². The smallest absolute Gasteiger partial charge is 0.127 e. The number of nitrogens with zero attached hydrogens (tertiary/aromatic N) is 1. The van der Waals surface area contributed by atoms with E-state index in [-0.39, 0.29) is 5.57 Å². The van der Waals surface area contributed by atoms with Crippen molar-refractivity contribution in [2.45, 2.75) is 0 Å². The molecular formula is C10H9NO2. The predicted molar refractivity (Wildman–Crippen MR) is 49.2 cm³/mol. The van der Waals surface area contributed by atoms with Crippen LogP contribution >= 0.6 is 0 Å². The van der Waals surface area contributed by atoms with Crippen LogP contribution in [0.2, 0.25) is 0 Å². The molecule has 0 aliphatic carbocycles. The van der Waals surface area contributed by atoms with Gasteiger partial charge in [-0.3, -0.25) is 0 Å². The molecule has 0 saturated carbocycles.